The van der Waals surface area contributed by atoms with Crippen molar-refractivity contribution in [2.75, 3.05) is 6.61 Å². The second kappa shape index (κ2) is 4.59. The number of benzene rings is 1. The van der Waals surface area contributed by atoms with Gasteiger partial charge in [-0.05, 0) is 19.9 Å². The van der Waals surface area contributed by atoms with Crippen molar-refractivity contribution in [1.82, 2.24) is 0 Å². The molecule has 15 heavy (non-hydrogen) atoms. The van der Waals surface area contributed by atoms with Crippen molar-refractivity contribution in [2.45, 2.75) is 26.0 Å². The summed E-state index contributed by atoms with van der Waals surface area (Å²) in [6.45, 7) is 3.42. The first kappa shape index (κ1) is 11.9. The maximum absolute atomic E-state index is 13.4. The van der Waals surface area contributed by atoms with Gasteiger partial charge in [0.2, 0.25) is 0 Å². The average Bonchev–Trinajstić information content (AvgIpc) is 2.14. The standard InChI is InChI=1S/C11H16FNO2/c1-11(2,14)7-15-10-8(6-13)4-3-5-9(10)12/h3-5,14H,6-7,13H2,1-2H3. The normalized spacial score (nSPS) is 11.5. The summed E-state index contributed by atoms with van der Waals surface area (Å²) in [4.78, 5) is 0. The molecule has 3 N–H and O–H groups in total. The van der Waals surface area contributed by atoms with Crippen LogP contribution in [0.2, 0.25) is 0 Å². The van der Waals surface area contributed by atoms with Crippen LogP contribution in [0.25, 0.3) is 0 Å². The first-order valence-electron chi connectivity index (χ1n) is 4.76. The third-order valence-electron chi connectivity index (χ3n) is 1.84. The van der Waals surface area contributed by atoms with Crippen molar-refractivity contribution < 1.29 is 14.2 Å². The third-order valence-corrected chi connectivity index (χ3v) is 1.84. The number of ether oxygens (including phenoxy) is 1. The van der Waals surface area contributed by atoms with Crippen molar-refractivity contribution in [3.63, 3.8) is 0 Å². The van der Waals surface area contributed by atoms with E-state index in [0.717, 1.165) is 0 Å². The molecule has 0 spiro atoms. The lowest BCUT2D eigenvalue weighted by Crippen LogP contribution is -2.28. The molecule has 0 aromatic heterocycles. The Morgan fingerprint density at radius 3 is 2.67 bits per heavy atom. The minimum absolute atomic E-state index is 0.0287. The fourth-order valence-electron chi connectivity index (χ4n) is 1.12. The number of para-hydroxylation sites is 1. The summed E-state index contributed by atoms with van der Waals surface area (Å²) in [5.41, 5.74) is 5.05. The van der Waals surface area contributed by atoms with Gasteiger partial charge in [0.05, 0.1) is 5.60 Å². The molecule has 84 valence electrons. The van der Waals surface area contributed by atoms with Crippen molar-refractivity contribution in [1.29, 1.82) is 0 Å². The zero-order chi connectivity index (χ0) is 11.5. The number of nitrogens with two attached hydrogens (primary N) is 1. The number of aliphatic hydroxyl groups is 1. The molecule has 0 fully saturated rings. The molecule has 0 saturated heterocycles. The Morgan fingerprint density at radius 1 is 1.47 bits per heavy atom. The second-order valence-corrected chi connectivity index (χ2v) is 4.03. The van der Waals surface area contributed by atoms with Crippen molar-refractivity contribution in [3.05, 3.63) is 29.6 Å². The van der Waals surface area contributed by atoms with Gasteiger partial charge in [0.25, 0.3) is 0 Å². The van der Waals surface area contributed by atoms with E-state index in [2.05, 4.69) is 0 Å². The van der Waals surface area contributed by atoms with Crippen LogP contribution in [-0.2, 0) is 6.54 Å². The van der Waals surface area contributed by atoms with Crippen LogP contribution in [0, 0.1) is 5.82 Å². The van der Waals surface area contributed by atoms with Gasteiger partial charge in [-0.2, -0.15) is 0 Å². The molecular formula is C11H16FNO2. The molecule has 0 unspecified atom stereocenters. The van der Waals surface area contributed by atoms with E-state index in [0.29, 0.717) is 5.56 Å². The van der Waals surface area contributed by atoms with Crippen molar-refractivity contribution in [2.24, 2.45) is 5.73 Å². The molecule has 3 nitrogen and oxygen atoms in total. The molecule has 0 aliphatic heterocycles. The van der Waals surface area contributed by atoms with E-state index in [9.17, 15) is 9.50 Å². The van der Waals surface area contributed by atoms with Crippen LogP contribution in [0.5, 0.6) is 5.75 Å². The first-order chi connectivity index (χ1) is 6.94. The van der Waals surface area contributed by atoms with Gasteiger partial charge in [-0.3, -0.25) is 0 Å². The van der Waals surface area contributed by atoms with E-state index in [1.54, 1.807) is 26.0 Å². The topological polar surface area (TPSA) is 55.5 Å². The van der Waals surface area contributed by atoms with Gasteiger partial charge in [-0.1, -0.05) is 12.1 Å². The van der Waals surface area contributed by atoms with E-state index in [4.69, 9.17) is 10.5 Å². The lowest BCUT2D eigenvalue weighted by Gasteiger charge is -2.19. The molecule has 0 atom stereocenters. The van der Waals surface area contributed by atoms with Crippen LogP contribution in [-0.4, -0.2) is 17.3 Å². The first-order valence-corrected chi connectivity index (χ1v) is 4.76. The van der Waals surface area contributed by atoms with E-state index < -0.39 is 11.4 Å². The summed E-state index contributed by atoms with van der Waals surface area (Å²) < 4.78 is 18.6. The number of hydrogen-bond donors (Lipinski definition) is 2. The summed E-state index contributed by atoms with van der Waals surface area (Å²) in [6, 6.07) is 4.58. The van der Waals surface area contributed by atoms with Gasteiger partial charge in [0, 0.05) is 12.1 Å². The van der Waals surface area contributed by atoms with Crippen LogP contribution >= 0.6 is 0 Å². The van der Waals surface area contributed by atoms with Gasteiger partial charge in [-0.25, -0.2) is 4.39 Å². The average molecular weight is 213 g/mol. The lowest BCUT2D eigenvalue weighted by atomic mass is 10.1. The molecule has 0 bridgehead atoms. The largest absolute Gasteiger partial charge is 0.487 e. The Balaban J connectivity index is 2.83. The molecule has 0 saturated carbocycles. The quantitative estimate of drug-likeness (QED) is 0.795. The molecule has 1 aromatic carbocycles. The highest BCUT2D eigenvalue weighted by Crippen LogP contribution is 2.23. The highest BCUT2D eigenvalue weighted by atomic mass is 19.1. The van der Waals surface area contributed by atoms with Crippen molar-refractivity contribution in [3.8, 4) is 5.75 Å². The number of halogens is 1. The summed E-state index contributed by atoms with van der Waals surface area (Å²) in [7, 11) is 0. The molecule has 0 radical (unpaired) electrons. The predicted molar refractivity (Wildman–Crippen MR) is 56.1 cm³/mol. The zero-order valence-corrected chi connectivity index (χ0v) is 8.96. The number of rotatable bonds is 4. The van der Waals surface area contributed by atoms with Crippen LogP contribution < -0.4 is 10.5 Å². The molecule has 0 amide bonds. The minimum atomic E-state index is -0.992. The van der Waals surface area contributed by atoms with Crippen LogP contribution in [0.3, 0.4) is 0 Å². The highest BCUT2D eigenvalue weighted by molar-refractivity contribution is 5.34. The molecular weight excluding hydrogens is 197 g/mol. The van der Waals surface area contributed by atoms with Gasteiger partial charge < -0.3 is 15.6 Å². The molecule has 0 aliphatic rings. The van der Waals surface area contributed by atoms with E-state index in [1.807, 2.05) is 0 Å². The summed E-state index contributed by atoms with van der Waals surface area (Å²) >= 11 is 0. The van der Waals surface area contributed by atoms with Crippen molar-refractivity contribution >= 4 is 0 Å². The van der Waals surface area contributed by atoms with E-state index in [-0.39, 0.29) is 18.9 Å². The third kappa shape index (κ3) is 3.49. The molecule has 0 aliphatic carbocycles. The van der Waals surface area contributed by atoms with Crippen LogP contribution in [0.4, 0.5) is 4.39 Å². The van der Waals surface area contributed by atoms with Crippen LogP contribution in [0.1, 0.15) is 19.4 Å². The monoisotopic (exact) mass is 213 g/mol. The van der Waals surface area contributed by atoms with Gasteiger partial charge in [0.15, 0.2) is 11.6 Å². The van der Waals surface area contributed by atoms with E-state index in [1.165, 1.54) is 6.07 Å². The second-order valence-electron chi connectivity index (χ2n) is 4.03. The van der Waals surface area contributed by atoms with Gasteiger partial charge in [0.1, 0.15) is 6.61 Å². The fraction of sp³-hybridized carbons (Fsp3) is 0.455. The summed E-state index contributed by atoms with van der Waals surface area (Å²) in [5.74, 6) is -0.329. The molecule has 4 heteroatoms. The van der Waals surface area contributed by atoms with Gasteiger partial charge in [-0.15, -0.1) is 0 Å². The molecule has 0 heterocycles. The highest BCUT2D eigenvalue weighted by Gasteiger charge is 2.16. The molecule has 1 rings (SSSR count). The maximum Gasteiger partial charge on any atom is 0.165 e. The Hall–Kier alpha value is -1.13. The van der Waals surface area contributed by atoms with E-state index >= 15 is 0 Å². The SMILES string of the molecule is CC(C)(O)COc1c(F)cccc1CN. The zero-order valence-electron chi connectivity index (χ0n) is 8.96. The van der Waals surface area contributed by atoms with Gasteiger partial charge >= 0.3 is 0 Å². The lowest BCUT2D eigenvalue weighted by molar-refractivity contribution is 0.0268. The smallest absolute Gasteiger partial charge is 0.165 e. The minimum Gasteiger partial charge on any atom is -0.487 e. The fourth-order valence-corrected chi connectivity index (χ4v) is 1.12. The number of hydrogen-bond acceptors (Lipinski definition) is 3. The maximum atomic E-state index is 13.4. The predicted octanol–water partition coefficient (Wildman–Crippen LogP) is 1.43. The van der Waals surface area contributed by atoms with Crippen LogP contribution in [0.15, 0.2) is 18.2 Å². The Morgan fingerprint density at radius 2 is 2.13 bits per heavy atom. The Bertz CT molecular complexity index is 334. The summed E-state index contributed by atoms with van der Waals surface area (Å²) in [6.07, 6.45) is 0. The summed E-state index contributed by atoms with van der Waals surface area (Å²) in [5, 5.41) is 9.45. The Labute approximate surface area is 88.7 Å². The Kier molecular flexibility index (Phi) is 3.66. The molecule has 1 aromatic rings.